The zero-order chi connectivity index (χ0) is 3.58. The van der Waals surface area contributed by atoms with Crippen LogP contribution in [-0.2, 0) is 21.1 Å². The summed E-state index contributed by atoms with van der Waals surface area (Å²) >= 11 is 0. The summed E-state index contributed by atoms with van der Waals surface area (Å²) in [5.74, 6) is 0.833. The topological polar surface area (TPSA) is 0 Å². The third-order valence-electron chi connectivity index (χ3n) is 0. The van der Waals surface area contributed by atoms with Gasteiger partial charge in [-0.2, -0.15) is 0 Å². The van der Waals surface area contributed by atoms with E-state index in [2.05, 4.69) is 20.8 Å². The standard InChI is InChI=1S/C4H10.W/c1-4(2)3;/h4H,1-3H3;. The Kier molecular flexibility index (Phi) is 8.62. The maximum absolute atomic E-state index is 2.17. The molecule has 0 atom stereocenters. The fraction of sp³-hybridized carbons (Fsp3) is 1.00. The van der Waals surface area contributed by atoms with Gasteiger partial charge in [-0.1, -0.05) is 20.8 Å². The van der Waals surface area contributed by atoms with Crippen molar-refractivity contribution in [2.45, 2.75) is 20.8 Å². The second-order valence-corrected chi connectivity index (χ2v) is 1.73. The molecule has 0 unspecified atom stereocenters. The van der Waals surface area contributed by atoms with Crippen molar-refractivity contribution in [3.63, 3.8) is 0 Å². The fourth-order valence-corrected chi connectivity index (χ4v) is 0. The molecule has 1 heteroatoms. The number of hydrogen-bond donors (Lipinski definition) is 0. The van der Waals surface area contributed by atoms with Crippen LogP contribution in [-0.4, -0.2) is 0 Å². The first-order chi connectivity index (χ1) is 1.73. The maximum atomic E-state index is 2.17. The molecule has 0 N–H and O–H groups in total. The van der Waals surface area contributed by atoms with Crippen LogP contribution in [0.3, 0.4) is 0 Å². The number of rotatable bonds is 0. The van der Waals surface area contributed by atoms with Gasteiger partial charge in [0.25, 0.3) is 0 Å². The van der Waals surface area contributed by atoms with Gasteiger partial charge in [0.1, 0.15) is 0 Å². The molecule has 0 bridgehead atoms. The largest absolute Gasteiger partial charge is 0.0630 e. The van der Waals surface area contributed by atoms with Crippen molar-refractivity contribution < 1.29 is 21.1 Å². The summed E-state index contributed by atoms with van der Waals surface area (Å²) in [6, 6.07) is 0. The molecule has 0 amide bonds. The molecule has 0 saturated carbocycles. The minimum absolute atomic E-state index is 0. The van der Waals surface area contributed by atoms with Gasteiger partial charge in [0.15, 0.2) is 0 Å². The zero-order valence-corrected chi connectivity index (χ0v) is 6.92. The first-order valence-electron chi connectivity index (χ1n) is 1.73. The van der Waals surface area contributed by atoms with Gasteiger partial charge in [-0.25, -0.2) is 0 Å². The van der Waals surface area contributed by atoms with Crippen molar-refractivity contribution in [2.24, 2.45) is 5.92 Å². The average Bonchev–Trinajstić information content (AvgIpc) is 0.811. The molecule has 0 radical (unpaired) electrons. The van der Waals surface area contributed by atoms with Gasteiger partial charge < -0.3 is 0 Å². The first-order valence-corrected chi connectivity index (χ1v) is 1.73. The van der Waals surface area contributed by atoms with E-state index < -0.39 is 0 Å². The molecule has 0 aliphatic rings. The smallest absolute Gasteiger partial charge is 0 e. The Bertz CT molecular complexity index is 8.36. The van der Waals surface area contributed by atoms with Gasteiger partial charge in [-0.05, 0) is 5.92 Å². The summed E-state index contributed by atoms with van der Waals surface area (Å²) in [7, 11) is 0. The number of hydrogen-bond acceptors (Lipinski definition) is 0. The molecule has 0 spiro atoms. The normalized spacial score (nSPS) is 7.20. The molecule has 0 aromatic carbocycles. The van der Waals surface area contributed by atoms with E-state index in [1.165, 1.54) is 0 Å². The van der Waals surface area contributed by atoms with Crippen LogP contribution < -0.4 is 0 Å². The molecule has 0 rings (SSSR count). The van der Waals surface area contributed by atoms with Crippen LogP contribution in [0.1, 0.15) is 20.8 Å². The summed E-state index contributed by atoms with van der Waals surface area (Å²) in [5, 5.41) is 0. The van der Waals surface area contributed by atoms with E-state index in [0.29, 0.717) is 0 Å². The Morgan fingerprint density at radius 1 is 1.00 bits per heavy atom. The second-order valence-electron chi connectivity index (χ2n) is 1.73. The van der Waals surface area contributed by atoms with Crippen LogP contribution in [0.2, 0.25) is 0 Å². The quantitative estimate of drug-likeness (QED) is 0.606. The average molecular weight is 242 g/mol. The van der Waals surface area contributed by atoms with Crippen molar-refractivity contribution in [1.82, 2.24) is 0 Å². The van der Waals surface area contributed by atoms with E-state index in [0.717, 1.165) is 5.92 Å². The van der Waals surface area contributed by atoms with Crippen molar-refractivity contribution in [3.05, 3.63) is 0 Å². The molecule has 32 valence electrons. The van der Waals surface area contributed by atoms with Crippen molar-refractivity contribution in [1.29, 1.82) is 0 Å². The molecule has 0 aromatic rings. The van der Waals surface area contributed by atoms with Gasteiger partial charge in [0.05, 0.1) is 0 Å². The predicted octanol–water partition coefficient (Wildman–Crippen LogP) is 1.66. The summed E-state index contributed by atoms with van der Waals surface area (Å²) in [4.78, 5) is 0. The van der Waals surface area contributed by atoms with Crippen molar-refractivity contribution in [2.75, 3.05) is 0 Å². The molecular formula is C4H10W. The van der Waals surface area contributed by atoms with E-state index in [1.807, 2.05) is 0 Å². The maximum Gasteiger partial charge on any atom is 0 e. The van der Waals surface area contributed by atoms with E-state index in [-0.39, 0.29) is 21.1 Å². The van der Waals surface area contributed by atoms with E-state index in [9.17, 15) is 0 Å². The van der Waals surface area contributed by atoms with Crippen LogP contribution in [0.4, 0.5) is 0 Å². The Hall–Kier alpha value is 0.688. The van der Waals surface area contributed by atoms with Gasteiger partial charge in [-0.3, -0.25) is 0 Å². The molecule has 0 saturated heterocycles. The molecule has 0 heterocycles. The van der Waals surface area contributed by atoms with E-state index in [4.69, 9.17) is 0 Å². The Morgan fingerprint density at radius 2 is 1.00 bits per heavy atom. The van der Waals surface area contributed by atoms with Crippen molar-refractivity contribution in [3.8, 4) is 0 Å². The first kappa shape index (κ1) is 9.19. The molecule has 0 nitrogen and oxygen atoms in total. The van der Waals surface area contributed by atoms with Gasteiger partial charge in [0, 0.05) is 21.1 Å². The van der Waals surface area contributed by atoms with E-state index in [1.54, 1.807) is 0 Å². The van der Waals surface area contributed by atoms with Crippen molar-refractivity contribution >= 4 is 0 Å². The Labute approximate surface area is 48.2 Å². The molecule has 0 aliphatic carbocycles. The monoisotopic (exact) mass is 242 g/mol. The second kappa shape index (κ2) is 4.69. The van der Waals surface area contributed by atoms with Crippen LogP contribution in [0.5, 0.6) is 0 Å². The minimum Gasteiger partial charge on any atom is -0.0630 e. The van der Waals surface area contributed by atoms with Crippen LogP contribution >= 0.6 is 0 Å². The third kappa shape index (κ3) is 71.5. The Morgan fingerprint density at radius 3 is 1.00 bits per heavy atom. The van der Waals surface area contributed by atoms with Gasteiger partial charge >= 0.3 is 0 Å². The Balaban J connectivity index is 0. The predicted molar refractivity (Wildman–Crippen MR) is 20.5 cm³/mol. The molecule has 0 aliphatic heterocycles. The van der Waals surface area contributed by atoms with E-state index >= 15 is 0 Å². The molecule has 0 aromatic heterocycles. The van der Waals surface area contributed by atoms with Crippen LogP contribution in [0, 0.1) is 5.92 Å². The summed E-state index contributed by atoms with van der Waals surface area (Å²) in [6.07, 6.45) is 0. The van der Waals surface area contributed by atoms with Crippen LogP contribution in [0.15, 0.2) is 0 Å². The molecule has 0 fully saturated rings. The molecular weight excluding hydrogens is 232 g/mol. The third-order valence-corrected chi connectivity index (χ3v) is 0. The summed E-state index contributed by atoms with van der Waals surface area (Å²) in [6.45, 7) is 6.50. The minimum atomic E-state index is 0. The summed E-state index contributed by atoms with van der Waals surface area (Å²) < 4.78 is 0. The van der Waals surface area contributed by atoms with Gasteiger partial charge in [-0.15, -0.1) is 0 Å². The fourth-order valence-electron chi connectivity index (χ4n) is 0. The SMILES string of the molecule is CC(C)C.[W]. The van der Waals surface area contributed by atoms with Crippen LogP contribution in [0.25, 0.3) is 0 Å². The van der Waals surface area contributed by atoms with Gasteiger partial charge in [0.2, 0.25) is 0 Å². The summed E-state index contributed by atoms with van der Waals surface area (Å²) in [5.41, 5.74) is 0. The zero-order valence-electron chi connectivity index (χ0n) is 3.99. The molecule has 5 heavy (non-hydrogen) atoms.